The van der Waals surface area contributed by atoms with E-state index in [4.69, 9.17) is 0 Å². The Labute approximate surface area is 156 Å². The van der Waals surface area contributed by atoms with Crippen LogP contribution in [0.2, 0.25) is 0 Å². The second-order valence-electron chi connectivity index (χ2n) is 6.71. The van der Waals surface area contributed by atoms with E-state index in [2.05, 4.69) is 26.1 Å². The highest BCUT2D eigenvalue weighted by molar-refractivity contribution is 5.95. The summed E-state index contributed by atoms with van der Waals surface area (Å²) in [6.07, 6.45) is 9.40. The van der Waals surface area contributed by atoms with Gasteiger partial charge < -0.3 is 9.88 Å². The van der Waals surface area contributed by atoms with Crippen LogP contribution < -0.4 is 0 Å². The SMILES string of the molecule is CN(C)C(=O)Cc1cncc(-c2cnc3[nH]cc(-c4ccnn4C)c3c2)c1. The second kappa shape index (κ2) is 6.68. The molecule has 1 N–H and O–H groups in total. The van der Waals surface area contributed by atoms with Gasteiger partial charge in [-0.2, -0.15) is 5.10 Å². The number of H-pyrrole nitrogens is 1. The van der Waals surface area contributed by atoms with E-state index in [1.807, 2.05) is 36.3 Å². The van der Waals surface area contributed by atoms with Crippen LogP contribution in [0.1, 0.15) is 5.56 Å². The van der Waals surface area contributed by atoms with Crippen molar-refractivity contribution in [2.45, 2.75) is 6.42 Å². The van der Waals surface area contributed by atoms with Gasteiger partial charge >= 0.3 is 0 Å². The molecule has 0 aliphatic heterocycles. The molecule has 0 fully saturated rings. The highest BCUT2D eigenvalue weighted by Gasteiger charge is 2.12. The molecule has 0 unspecified atom stereocenters. The molecule has 27 heavy (non-hydrogen) atoms. The summed E-state index contributed by atoms with van der Waals surface area (Å²) in [7, 11) is 5.42. The normalized spacial score (nSPS) is 11.1. The standard InChI is InChI=1S/C20H20N6O/c1-25(2)19(27)7-13-6-14(10-21-9-13)15-8-16-17(12-23-20(16)22-11-15)18-4-5-24-26(18)3/h4-6,8-12H,7H2,1-3H3,(H,22,23). The Hall–Kier alpha value is -3.48. The fourth-order valence-corrected chi connectivity index (χ4v) is 3.09. The summed E-state index contributed by atoms with van der Waals surface area (Å²) in [5.74, 6) is 0.0478. The summed E-state index contributed by atoms with van der Waals surface area (Å²) in [6.45, 7) is 0. The first-order valence-electron chi connectivity index (χ1n) is 8.63. The van der Waals surface area contributed by atoms with Crippen LogP contribution in [0, 0.1) is 0 Å². The number of hydrogen-bond acceptors (Lipinski definition) is 4. The molecule has 0 bridgehead atoms. The number of hydrogen-bond donors (Lipinski definition) is 1. The predicted molar refractivity (Wildman–Crippen MR) is 104 cm³/mol. The molecule has 7 nitrogen and oxygen atoms in total. The zero-order chi connectivity index (χ0) is 19.0. The molecule has 136 valence electrons. The minimum Gasteiger partial charge on any atom is -0.349 e. The number of aromatic nitrogens is 5. The van der Waals surface area contributed by atoms with Crippen LogP contribution in [0.5, 0.6) is 0 Å². The minimum absolute atomic E-state index is 0.0478. The molecule has 0 atom stereocenters. The maximum Gasteiger partial charge on any atom is 0.226 e. The first-order chi connectivity index (χ1) is 13.0. The molecule has 0 saturated heterocycles. The van der Waals surface area contributed by atoms with E-state index in [-0.39, 0.29) is 5.91 Å². The van der Waals surface area contributed by atoms with Gasteiger partial charge in [0, 0.05) is 74.2 Å². The van der Waals surface area contributed by atoms with E-state index in [9.17, 15) is 4.79 Å². The molecule has 1 amide bonds. The molecule has 4 aromatic heterocycles. The minimum atomic E-state index is 0.0478. The third-order valence-electron chi connectivity index (χ3n) is 4.61. The van der Waals surface area contributed by atoms with Crippen molar-refractivity contribution in [2.75, 3.05) is 14.1 Å². The number of pyridine rings is 2. The van der Waals surface area contributed by atoms with E-state index in [0.717, 1.165) is 39.0 Å². The van der Waals surface area contributed by atoms with Gasteiger partial charge in [0.15, 0.2) is 0 Å². The monoisotopic (exact) mass is 360 g/mol. The van der Waals surface area contributed by atoms with Crippen LogP contribution in [0.4, 0.5) is 0 Å². The zero-order valence-corrected chi connectivity index (χ0v) is 15.5. The third kappa shape index (κ3) is 3.19. The van der Waals surface area contributed by atoms with Crippen molar-refractivity contribution in [2.24, 2.45) is 7.05 Å². The zero-order valence-electron chi connectivity index (χ0n) is 15.5. The molecule has 0 aliphatic carbocycles. The molecule has 4 aromatic rings. The lowest BCUT2D eigenvalue weighted by atomic mass is 10.0. The van der Waals surface area contributed by atoms with E-state index >= 15 is 0 Å². The van der Waals surface area contributed by atoms with Crippen LogP contribution in [0.3, 0.4) is 0 Å². The topological polar surface area (TPSA) is 79.7 Å². The number of likely N-dealkylation sites (N-methyl/N-ethyl adjacent to an activating group) is 1. The van der Waals surface area contributed by atoms with Crippen LogP contribution in [0.15, 0.2) is 49.2 Å². The number of aromatic amines is 1. The van der Waals surface area contributed by atoms with Crippen LogP contribution in [0.25, 0.3) is 33.4 Å². The quantitative estimate of drug-likeness (QED) is 0.607. The molecular formula is C20H20N6O. The number of nitrogens with zero attached hydrogens (tertiary/aromatic N) is 5. The number of fused-ring (bicyclic) bond motifs is 1. The molecule has 0 aliphatic rings. The summed E-state index contributed by atoms with van der Waals surface area (Å²) < 4.78 is 1.84. The van der Waals surface area contributed by atoms with Gasteiger partial charge in [0.05, 0.1) is 12.1 Å². The highest BCUT2D eigenvalue weighted by atomic mass is 16.2. The molecule has 0 aromatic carbocycles. The van der Waals surface area contributed by atoms with Gasteiger partial charge in [-0.15, -0.1) is 0 Å². The molecule has 0 radical (unpaired) electrons. The summed E-state index contributed by atoms with van der Waals surface area (Å²) in [4.78, 5) is 25.6. The van der Waals surface area contributed by atoms with Gasteiger partial charge in [0.25, 0.3) is 0 Å². The largest absolute Gasteiger partial charge is 0.349 e. The van der Waals surface area contributed by atoms with Crippen molar-refractivity contribution in [3.63, 3.8) is 0 Å². The Balaban J connectivity index is 1.74. The Bertz CT molecular complexity index is 1120. The lowest BCUT2D eigenvalue weighted by Crippen LogP contribution is -2.23. The van der Waals surface area contributed by atoms with Crippen molar-refractivity contribution in [3.05, 3.63) is 54.7 Å². The first-order valence-corrected chi connectivity index (χ1v) is 8.63. The third-order valence-corrected chi connectivity index (χ3v) is 4.61. The van der Waals surface area contributed by atoms with E-state index in [1.165, 1.54) is 0 Å². The molecule has 0 saturated carbocycles. The Kier molecular flexibility index (Phi) is 4.19. The summed E-state index contributed by atoms with van der Waals surface area (Å²) in [6, 6.07) is 6.06. The van der Waals surface area contributed by atoms with Crippen molar-refractivity contribution in [3.8, 4) is 22.4 Å². The lowest BCUT2D eigenvalue weighted by molar-refractivity contribution is -0.127. The smallest absolute Gasteiger partial charge is 0.226 e. The highest BCUT2D eigenvalue weighted by Crippen LogP contribution is 2.30. The average molecular weight is 360 g/mol. The fourth-order valence-electron chi connectivity index (χ4n) is 3.09. The number of nitrogens with one attached hydrogen (secondary N) is 1. The van der Waals surface area contributed by atoms with Gasteiger partial charge in [-0.1, -0.05) is 0 Å². The number of carbonyl (C=O) groups is 1. The van der Waals surface area contributed by atoms with Crippen molar-refractivity contribution < 1.29 is 4.79 Å². The summed E-state index contributed by atoms with van der Waals surface area (Å²) >= 11 is 0. The van der Waals surface area contributed by atoms with Crippen molar-refractivity contribution in [1.29, 1.82) is 0 Å². The van der Waals surface area contributed by atoms with Gasteiger partial charge in [-0.25, -0.2) is 4.98 Å². The Morgan fingerprint density at radius 2 is 2.00 bits per heavy atom. The second-order valence-corrected chi connectivity index (χ2v) is 6.71. The lowest BCUT2D eigenvalue weighted by Gasteiger charge is -2.10. The van der Waals surface area contributed by atoms with Gasteiger partial charge in [0.1, 0.15) is 5.65 Å². The molecule has 4 heterocycles. The maximum atomic E-state index is 12.0. The number of carbonyl (C=O) groups excluding carboxylic acids is 1. The van der Waals surface area contributed by atoms with E-state index < -0.39 is 0 Å². The molecule has 7 heteroatoms. The van der Waals surface area contributed by atoms with Gasteiger partial charge in [-0.3, -0.25) is 14.5 Å². The number of aryl methyl sites for hydroxylation is 1. The summed E-state index contributed by atoms with van der Waals surface area (Å²) in [5.41, 5.74) is 5.66. The first kappa shape index (κ1) is 17.0. The van der Waals surface area contributed by atoms with E-state index in [1.54, 1.807) is 37.6 Å². The molecular weight excluding hydrogens is 340 g/mol. The van der Waals surface area contributed by atoms with Crippen LogP contribution in [-0.2, 0) is 18.3 Å². The molecule has 0 spiro atoms. The maximum absolute atomic E-state index is 12.0. The number of rotatable bonds is 4. The van der Waals surface area contributed by atoms with Gasteiger partial charge in [-0.05, 0) is 23.8 Å². The van der Waals surface area contributed by atoms with Crippen LogP contribution >= 0.6 is 0 Å². The fraction of sp³-hybridized carbons (Fsp3) is 0.200. The summed E-state index contributed by atoms with van der Waals surface area (Å²) in [5, 5.41) is 5.27. The van der Waals surface area contributed by atoms with E-state index in [0.29, 0.717) is 6.42 Å². The van der Waals surface area contributed by atoms with Gasteiger partial charge in [0.2, 0.25) is 5.91 Å². The predicted octanol–water partition coefficient (Wildman–Crippen LogP) is 2.66. The van der Waals surface area contributed by atoms with Crippen molar-refractivity contribution >= 4 is 16.9 Å². The number of amides is 1. The Morgan fingerprint density at radius 1 is 1.19 bits per heavy atom. The Morgan fingerprint density at radius 3 is 2.74 bits per heavy atom. The van der Waals surface area contributed by atoms with Crippen molar-refractivity contribution in [1.82, 2.24) is 29.6 Å². The van der Waals surface area contributed by atoms with Crippen LogP contribution in [-0.4, -0.2) is 49.6 Å². The average Bonchev–Trinajstić information content (AvgIpc) is 3.26. The molecule has 4 rings (SSSR count).